The molecule has 5 nitrogen and oxygen atoms in total. The van der Waals surface area contributed by atoms with Crippen LogP contribution in [-0.2, 0) is 4.74 Å². The smallest absolute Gasteiger partial charge is 0.158 e. The van der Waals surface area contributed by atoms with Crippen LogP contribution in [-0.4, -0.2) is 45.8 Å². The van der Waals surface area contributed by atoms with E-state index < -0.39 is 0 Å². The molecule has 0 spiro atoms. The third-order valence-electron chi connectivity index (χ3n) is 5.04. The molecule has 0 aliphatic carbocycles. The van der Waals surface area contributed by atoms with Gasteiger partial charge in [-0.25, -0.2) is 9.50 Å². The molecule has 1 atom stereocenters. The summed E-state index contributed by atoms with van der Waals surface area (Å²) in [5, 5.41) is 4.45. The van der Waals surface area contributed by atoms with Gasteiger partial charge in [-0.05, 0) is 43.5 Å². The van der Waals surface area contributed by atoms with Crippen molar-refractivity contribution in [3.8, 4) is 11.1 Å². The molecule has 5 heteroatoms. The zero-order valence-electron chi connectivity index (χ0n) is 15.1. The van der Waals surface area contributed by atoms with Crippen molar-refractivity contribution in [2.45, 2.75) is 26.8 Å². The van der Waals surface area contributed by atoms with Crippen molar-refractivity contribution in [1.29, 1.82) is 0 Å². The number of fused-ring (bicyclic) bond motifs is 1. The second-order valence-corrected chi connectivity index (χ2v) is 6.79. The largest absolute Gasteiger partial charge is 0.379 e. The number of hydrogen-bond acceptors (Lipinski definition) is 4. The Morgan fingerprint density at radius 3 is 2.48 bits per heavy atom. The fourth-order valence-electron chi connectivity index (χ4n) is 3.54. The molecule has 0 saturated carbocycles. The second-order valence-electron chi connectivity index (χ2n) is 6.79. The minimum absolute atomic E-state index is 0.417. The summed E-state index contributed by atoms with van der Waals surface area (Å²) in [4.78, 5) is 6.95. The molecule has 3 aromatic rings. The van der Waals surface area contributed by atoms with E-state index >= 15 is 0 Å². The maximum Gasteiger partial charge on any atom is 0.158 e. The average molecular weight is 336 g/mol. The highest BCUT2D eigenvalue weighted by atomic mass is 16.5. The molecule has 0 N–H and O–H groups in total. The Kier molecular flexibility index (Phi) is 4.27. The van der Waals surface area contributed by atoms with Crippen LogP contribution in [0.4, 0.5) is 0 Å². The molecular formula is C20H24N4O. The first-order chi connectivity index (χ1) is 12.1. The summed E-state index contributed by atoms with van der Waals surface area (Å²) in [7, 11) is 0. The van der Waals surface area contributed by atoms with E-state index in [1.165, 1.54) is 16.7 Å². The molecule has 2 aromatic heterocycles. The molecule has 0 unspecified atom stereocenters. The molecule has 1 aliphatic rings. The van der Waals surface area contributed by atoms with E-state index in [0.717, 1.165) is 43.3 Å². The van der Waals surface area contributed by atoms with Gasteiger partial charge in [-0.2, -0.15) is 5.10 Å². The highest BCUT2D eigenvalue weighted by Gasteiger charge is 2.18. The number of rotatable bonds is 3. The molecule has 1 saturated heterocycles. The summed E-state index contributed by atoms with van der Waals surface area (Å²) in [5.74, 6) is 0.801. The van der Waals surface area contributed by atoms with Crippen LogP contribution in [0.2, 0.25) is 0 Å². The van der Waals surface area contributed by atoms with Crippen LogP contribution in [0.25, 0.3) is 16.8 Å². The molecular weight excluding hydrogens is 312 g/mol. The summed E-state index contributed by atoms with van der Waals surface area (Å²) in [6.07, 6.45) is 2.06. The molecule has 25 heavy (non-hydrogen) atoms. The van der Waals surface area contributed by atoms with Gasteiger partial charge in [0, 0.05) is 30.9 Å². The normalized spacial score (nSPS) is 17.1. The number of aromatic nitrogens is 3. The summed E-state index contributed by atoms with van der Waals surface area (Å²) in [6, 6.07) is 11.5. The maximum absolute atomic E-state index is 5.46. The quantitative estimate of drug-likeness (QED) is 0.735. The minimum Gasteiger partial charge on any atom is -0.379 e. The molecule has 4 rings (SSSR count). The fourth-order valence-corrected chi connectivity index (χ4v) is 3.54. The lowest BCUT2D eigenvalue weighted by molar-refractivity contribution is 0.0198. The molecule has 0 radical (unpaired) electrons. The Bertz CT molecular complexity index is 879. The molecule has 130 valence electrons. The summed E-state index contributed by atoms with van der Waals surface area (Å²) in [5.41, 5.74) is 5.79. The third-order valence-corrected chi connectivity index (χ3v) is 5.04. The Hall–Kier alpha value is -2.24. The lowest BCUT2D eigenvalue weighted by atomic mass is 10.0. The van der Waals surface area contributed by atoms with Crippen LogP contribution in [0.1, 0.15) is 29.9 Å². The monoisotopic (exact) mass is 336 g/mol. The van der Waals surface area contributed by atoms with E-state index in [-0.39, 0.29) is 0 Å². The molecule has 1 fully saturated rings. The number of nitrogens with zero attached hydrogens (tertiary/aromatic N) is 4. The van der Waals surface area contributed by atoms with Crippen molar-refractivity contribution >= 4 is 5.65 Å². The minimum atomic E-state index is 0.417. The lowest BCUT2D eigenvalue weighted by Gasteiger charge is -2.32. The Balaban J connectivity index is 1.61. The van der Waals surface area contributed by atoms with Crippen molar-refractivity contribution < 1.29 is 4.74 Å². The van der Waals surface area contributed by atoms with Gasteiger partial charge in [-0.1, -0.05) is 24.3 Å². The molecule has 1 aliphatic heterocycles. The number of aryl methyl sites for hydroxylation is 2. The number of benzene rings is 1. The number of ether oxygens (including phenoxy) is 1. The Morgan fingerprint density at radius 2 is 1.76 bits per heavy atom. The van der Waals surface area contributed by atoms with Gasteiger partial charge in [-0.15, -0.1) is 0 Å². The van der Waals surface area contributed by atoms with Crippen LogP contribution in [0.15, 0.2) is 36.5 Å². The summed E-state index contributed by atoms with van der Waals surface area (Å²) in [6.45, 7) is 9.96. The first-order valence-corrected chi connectivity index (χ1v) is 8.87. The van der Waals surface area contributed by atoms with Crippen molar-refractivity contribution in [2.75, 3.05) is 26.3 Å². The van der Waals surface area contributed by atoms with Gasteiger partial charge in [0.25, 0.3) is 0 Å². The maximum atomic E-state index is 5.46. The van der Waals surface area contributed by atoms with E-state index in [4.69, 9.17) is 4.74 Å². The van der Waals surface area contributed by atoms with Crippen LogP contribution in [0, 0.1) is 13.8 Å². The highest BCUT2D eigenvalue weighted by Crippen LogP contribution is 2.26. The van der Waals surface area contributed by atoms with Crippen LogP contribution in [0.5, 0.6) is 0 Å². The average Bonchev–Trinajstić information content (AvgIpc) is 3.03. The van der Waals surface area contributed by atoms with Crippen LogP contribution >= 0.6 is 0 Å². The summed E-state index contributed by atoms with van der Waals surface area (Å²) < 4.78 is 7.33. The van der Waals surface area contributed by atoms with Crippen molar-refractivity contribution in [3.63, 3.8) is 0 Å². The van der Waals surface area contributed by atoms with Gasteiger partial charge in [0.05, 0.1) is 13.2 Å². The predicted molar refractivity (Wildman–Crippen MR) is 98.7 cm³/mol. The van der Waals surface area contributed by atoms with Gasteiger partial charge < -0.3 is 4.74 Å². The van der Waals surface area contributed by atoms with Crippen LogP contribution < -0.4 is 0 Å². The molecule has 0 amide bonds. The van der Waals surface area contributed by atoms with Crippen LogP contribution in [0.3, 0.4) is 0 Å². The van der Waals surface area contributed by atoms with Crippen molar-refractivity contribution in [1.82, 2.24) is 19.5 Å². The first kappa shape index (κ1) is 16.2. The Morgan fingerprint density at radius 1 is 1.04 bits per heavy atom. The van der Waals surface area contributed by atoms with Gasteiger partial charge in [0.2, 0.25) is 0 Å². The topological polar surface area (TPSA) is 42.7 Å². The van der Waals surface area contributed by atoms with E-state index in [2.05, 4.69) is 65.4 Å². The zero-order chi connectivity index (χ0) is 17.4. The van der Waals surface area contributed by atoms with Gasteiger partial charge in [-0.3, -0.25) is 4.90 Å². The first-order valence-electron chi connectivity index (χ1n) is 8.87. The molecule has 3 heterocycles. The number of morpholine rings is 1. The standard InChI is InChI=1S/C20H24N4O/c1-14-12-19(13-24-20(14)21-16(3)22-24)18-6-4-17(5-7-18)15(2)23-8-10-25-11-9-23/h4-7,12-13,15H,8-11H2,1-3H3/t15-/m0/s1. The fraction of sp³-hybridized carbons (Fsp3) is 0.400. The summed E-state index contributed by atoms with van der Waals surface area (Å²) >= 11 is 0. The van der Waals surface area contributed by atoms with E-state index in [1.807, 2.05) is 11.4 Å². The SMILES string of the molecule is Cc1nc2c(C)cc(-c3ccc([C@H](C)N4CCOCC4)cc3)cn2n1. The van der Waals surface area contributed by atoms with Crippen molar-refractivity contribution in [2.24, 2.45) is 0 Å². The van der Waals surface area contributed by atoms with E-state index in [0.29, 0.717) is 6.04 Å². The Labute approximate surface area is 148 Å². The third kappa shape index (κ3) is 3.17. The van der Waals surface area contributed by atoms with Gasteiger partial charge >= 0.3 is 0 Å². The number of hydrogen-bond donors (Lipinski definition) is 0. The highest BCUT2D eigenvalue weighted by molar-refractivity contribution is 5.67. The zero-order valence-corrected chi connectivity index (χ0v) is 15.1. The molecule has 1 aromatic carbocycles. The second kappa shape index (κ2) is 6.58. The lowest BCUT2D eigenvalue weighted by Crippen LogP contribution is -2.37. The van der Waals surface area contributed by atoms with E-state index in [1.54, 1.807) is 0 Å². The van der Waals surface area contributed by atoms with Crippen molar-refractivity contribution in [3.05, 3.63) is 53.5 Å². The van der Waals surface area contributed by atoms with Gasteiger partial charge in [0.1, 0.15) is 5.82 Å². The van der Waals surface area contributed by atoms with Gasteiger partial charge in [0.15, 0.2) is 5.65 Å². The number of pyridine rings is 1. The predicted octanol–water partition coefficient (Wildman–Crippen LogP) is 3.41. The molecule has 0 bridgehead atoms. The van der Waals surface area contributed by atoms with E-state index in [9.17, 15) is 0 Å².